The number of rotatable bonds is 7. The van der Waals surface area contributed by atoms with Gasteiger partial charge in [0.15, 0.2) is 0 Å². The van der Waals surface area contributed by atoms with Crippen molar-refractivity contribution in [3.8, 4) is 0 Å². The zero-order valence-electron chi connectivity index (χ0n) is 12.2. The van der Waals surface area contributed by atoms with Gasteiger partial charge < -0.3 is 5.32 Å². The molecule has 0 fully saturated rings. The van der Waals surface area contributed by atoms with Crippen LogP contribution in [0.4, 0.5) is 4.39 Å². The smallest absolute Gasteiger partial charge is 0.124 e. The first kappa shape index (κ1) is 15.9. The number of hydrogen-bond donors (Lipinski definition) is 1. The van der Waals surface area contributed by atoms with Crippen LogP contribution >= 0.6 is 11.6 Å². The van der Waals surface area contributed by atoms with E-state index in [1.165, 1.54) is 12.1 Å². The van der Waals surface area contributed by atoms with Gasteiger partial charge in [-0.25, -0.2) is 4.39 Å². The second-order valence-electron chi connectivity index (χ2n) is 5.12. The number of nitrogens with one attached hydrogen (secondary N) is 1. The van der Waals surface area contributed by atoms with E-state index in [-0.39, 0.29) is 11.9 Å². The number of benzene rings is 1. The van der Waals surface area contributed by atoms with Crippen molar-refractivity contribution in [2.75, 3.05) is 6.54 Å². The van der Waals surface area contributed by atoms with Crippen molar-refractivity contribution in [2.24, 2.45) is 0 Å². The SMILES string of the molecule is CCCNC(Cc1ccccn1)Cc1ccc(F)cc1Cl. The van der Waals surface area contributed by atoms with Gasteiger partial charge in [-0.1, -0.05) is 30.7 Å². The van der Waals surface area contributed by atoms with Gasteiger partial charge in [0.05, 0.1) is 0 Å². The molecule has 0 aliphatic rings. The number of nitrogens with zero attached hydrogens (tertiary/aromatic N) is 1. The molecule has 2 rings (SSSR count). The Morgan fingerprint density at radius 2 is 2.10 bits per heavy atom. The van der Waals surface area contributed by atoms with Crippen LogP contribution < -0.4 is 5.32 Å². The molecule has 0 saturated carbocycles. The summed E-state index contributed by atoms with van der Waals surface area (Å²) in [7, 11) is 0. The highest BCUT2D eigenvalue weighted by Gasteiger charge is 2.13. The van der Waals surface area contributed by atoms with Crippen molar-refractivity contribution in [3.05, 3.63) is 64.7 Å². The van der Waals surface area contributed by atoms with E-state index >= 15 is 0 Å². The Morgan fingerprint density at radius 1 is 1.24 bits per heavy atom. The third-order valence-corrected chi connectivity index (χ3v) is 3.70. The Labute approximate surface area is 130 Å². The number of aromatic nitrogens is 1. The predicted molar refractivity (Wildman–Crippen MR) is 85.1 cm³/mol. The summed E-state index contributed by atoms with van der Waals surface area (Å²) in [4.78, 5) is 4.37. The topological polar surface area (TPSA) is 24.9 Å². The van der Waals surface area contributed by atoms with E-state index in [0.29, 0.717) is 5.02 Å². The van der Waals surface area contributed by atoms with Crippen LogP contribution in [0.5, 0.6) is 0 Å². The van der Waals surface area contributed by atoms with Gasteiger partial charge >= 0.3 is 0 Å². The molecular formula is C17H20ClFN2. The summed E-state index contributed by atoms with van der Waals surface area (Å²) in [5.41, 5.74) is 2.01. The van der Waals surface area contributed by atoms with Gasteiger partial charge in [-0.15, -0.1) is 0 Å². The standard InChI is InChI=1S/C17H20ClFN2/c1-2-8-20-16(12-15-5-3-4-9-21-15)10-13-6-7-14(19)11-17(13)18/h3-7,9,11,16,20H,2,8,10,12H2,1H3. The maximum absolute atomic E-state index is 13.1. The minimum atomic E-state index is -0.299. The van der Waals surface area contributed by atoms with Gasteiger partial charge in [-0.3, -0.25) is 4.98 Å². The largest absolute Gasteiger partial charge is 0.313 e. The average molecular weight is 307 g/mol. The van der Waals surface area contributed by atoms with Crippen molar-refractivity contribution in [1.29, 1.82) is 0 Å². The molecule has 2 aromatic rings. The monoisotopic (exact) mass is 306 g/mol. The van der Waals surface area contributed by atoms with Gasteiger partial charge in [-0.05, 0) is 49.2 Å². The molecule has 0 bridgehead atoms. The van der Waals surface area contributed by atoms with Crippen molar-refractivity contribution in [1.82, 2.24) is 10.3 Å². The van der Waals surface area contributed by atoms with E-state index in [1.807, 2.05) is 18.2 Å². The molecule has 0 saturated heterocycles. The third-order valence-electron chi connectivity index (χ3n) is 3.35. The average Bonchev–Trinajstić information content (AvgIpc) is 2.48. The zero-order chi connectivity index (χ0) is 15.1. The third kappa shape index (κ3) is 5.10. The summed E-state index contributed by atoms with van der Waals surface area (Å²) in [6, 6.07) is 10.7. The van der Waals surface area contributed by atoms with E-state index in [4.69, 9.17) is 11.6 Å². The van der Waals surface area contributed by atoms with Crippen LogP contribution in [0, 0.1) is 5.82 Å². The summed E-state index contributed by atoms with van der Waals surface area (Å²) < 4.78 is 13.1. The number of hydrogen-bond acceptors (Lipinski definition) is 2. The van der Waals surface area contributed by atoms with Gasteiger partial charge in [0, 0.05) is 29.4 Å². The molecule has 1 aromatic heterocycles. The number of pyridine rings is 1. The molecule has 112 valence electrons. The maximum atomic E-state index is 13.1. The summed E-state index contributed by atoms with van der Waals surface area (Å²) in [5.74, 6) is -0.299. The predicted octanol–water partition coefficient (Wildman–Crippen LogP) is 4.03. The Hall–Kier alpha value is -1.45. The van der Waals surface area contributed by atoms with E-state index in [1.54, 1.807) is 12.3 Å². The first-order valence-corrected chi connectivity index (χ1v) is 7.64. The lowest BCUT2D eigenvalue weighted by Crippen LogP contribution is -2.34. The van der Waals surface area contributed by atoms with Crippen molar-refractivity contribution in [3.63, 3.8) is 0 Å². The van der Waals surface area contributed by atoms with Gasteiger partial charge in [0.25, 0.3) is 0 Å². The van der Waals surface area contributed by atoms with Gasteiger partial charge in [0.2, 0.25) is 0 Å². The van der Waals surface area contributed by atoms with Crippen LogP contribution in [0.1, 0.15) is 24.6 Å². The fraction of sp³-hybridized carbons (Fsp3) is 0.353. The molecule has 21 heavy (non-hydrogen) atoms. The first-order valence-electron chi connectivity index (χ1n) is 7.26. The molecule has 0 spiro atoms. The summed E-state index contributed by atoms with van der Waals surface area (Å²) >= 11 is 6.13. The minimum Gasteiger partial charge on any atom is -0.313 e. The lowest BCUT2D eigenvalue weighted by molar-refractivity contribution is 0.500. The second-order valence-corrected chi connectivity index (χ2v) is 5.52. The van der Waals surface area contributed by atoms with Crippen molar-refractivity contribution < 1.29 is 4.39 Å². The normalized spacial score (nSPS) is 12.3. The highest BCUT2D eigenvalue weighted by molar-refractivity contribution is 6.31. The number of halogens is 2. The Bertz CT molecular complexity index is 560. The van der Waals surface area contributed by atoms with E-state index in [0.717, 1.165) is 37.1 Å². The van der Waals surface area contributed by atoms with Crippen LogP contribution in [-0.2, 0) is 12.8 Å². The fourth-order valence-electron chi connectivity index (χ4n) is 2.29. The Morgan fingerprint density at radius 3 is 2.76 bits per heavy atom. The van der Waals surface area contributed by atoms with Crippen molar-refractivity contribution >= 4 is 11.6 Å². The second kappa shape index (κ2) is 8.11. The molecule has 4 heteroatoms. The molecule has 1 heterocycles. The Kier molecular flexibility index (Phi) is 6.15. The minimum absolute atomic E-state index is 0.239. The van der Waals surface area contributed by atoms with Crippen LogP contribution in [0.2, 0.25) is 5.02 Å². The molecule has 1 N–H and O–H groups in total. The maximum Gasteiger partial charge on any atom is 0.124 e. The molecular weight excluding hydrogens is 287 g/mol. The van der Waals surface area contributed by atoms with E-state index < -0.39 is 0 Å². The molecule has 0 aliphatic heterocycles. The Balaban J connectivity index is 2.08. The van der Waals surface area contributed by atoms with Crippen molar-refractivity contribution in [2.45, 2.75) is 32.2 Å². The van der Waals surface area contributed by atoms with E-state index in [9.17, 15) is 4.39 Å². The summed E-state index contributed by atoms with van der Waals surface area (Å²) in [5, 5.41) is 4.00. The van der Waals surface area contributed by atoms with Crippen LogP contribution in [0.25, 0.3) is 0 Å². The molecule has 0 aliphatic carbocycles. The zero-order valence-corrected chi connectivity index (χ0v) is 12.9. The lowest BCUT2D eigenvalue weighted by Gasteiger charge is -2.19. The molecule has 1 atom stereocenters. The molecule has 0 amide bonds. The van der Waals surface area contributed by atoms with Gasteiger partial charge in [0.1, 0.15) is 5.82 Å². The van der Waals surface area contributed by atoms with Crippen LogP contribution in [0.3, 0.4) is 0 Å². The highest BCUT2D eigenvalue weighted by Crippen LogP contribution is 2.19. The molecule has 0 radical (unpaired) electrons. The highest BCUT2D eigenvalue weighted by atomic mass is 35.5. The van der Waals surface area contributed by atoms with E-state index in [2.05, 4.69) is 17.2 Å². The molecule has 1 unspecified atom stereocenters. The lowest BCUT2D eigenvalue weighted by atomic mass is 10.0. The van der Waals surface area contributed by atoms with Crippen LogP contribution in [0.15, 0.2) is 42.6 Å². The van der Waals surface area contributed by atoms with Crippen LogP contribution in [-0.4, -0.2) is 17.6 Å². The summed E-state index contributed by atoms with van der Waals surface area (Å²) in [6.07, 6.45) is 4.46. The quantitative estimate of drug-likeness (QED) is 0.835. The molecule has 1 aromatic carbocycles. The molecule has 2 nitrogen and oxygen atoms in total. The first-order chi connectivity index (χ1) is 10.2. The van der Waals surface area contributed by atoms with Gasteiger partial charge in [-0.2, -0.15) is 0 Å². The fourth-order valence-corrected chi connectivity index (χ4v) is 2.53. The summed E-state index contributed by atoms with van der Waals surface area (Å²) in [6.45, 7) is 3.08.